The van der Waals surface area contributed by atoms with Gasteiger partial charge in [0, 0.05) is 5.02 Å². The van der Waals surface area contributed by atoms with Crippen molar-refractivity contribution in [1.29, 1.82) is 0 Å². The lowest BCUT2D eigenvalue weighted by atomic mass is 10.1. The molecule has 0 fully saturated rings. The van der Waals surface area contributed by atoms with Crippen LogP contribution in [0.5, 0.6) is 0 Å². The first-order valence-electron chi connectivity index (χ1n) is 7.33. The third-order valence-electron chi connectivity index (χ3n) is 3.55. The normalized spacial score (nSPS) is 12.6. The van der Waals surface area contributed by atoms with Crippen molar-refractivity contribution in [3.05, 3.63) is 46.2 Å². The third-order valence-corrected chi connectivity index (χ3v) is 3.80. The van der Waals surface area contributed by atoms with E-state index >= 15 is 0 Å². The maximum Gasteiger partial charge on any atom is 0.243 e. The molecule has 3 rings (SSSR count). The van der Waals surface area contributed by atoms with Gasteiger partial charge in [-0.05, 0) is 48.8 Å². The zero-order chi connectivity index (χ0) is 18.0. The predicted molar refractivity (Wildman–Crippen MR) is 94.2 cm³/mol. The number of nitrogens with two attached hydrogens (primary N) is 1. The summed E-state index contributed by atoms with van der Waals surface area (Å²) in [5.41, 5.74) is 9.25. The number of benzene rings is 1. The van der Waals surface area contributed by atoms with Gasteiger partial charge >= 0.3 is 0 Å². The molecule has 2 N–H and O–H groups in total. The van der Waals surface area contributed by atoms with Gasteiger partial charge in [-0.2, -0.15) is 14.9 Å². The highest BCUT2D eigenvalue weighted by atomic mass is 35.5. The van der Waals surface area contributed by atoms with Crippen LogP contribution in [0.2, 0.25) is 5.02 Å². The minimum atomic E-state index is 0.130. The summed E-state index contributed by atoms with van der Waals surface area (Å²) in [4.78, 5) is 0. The molecular weight excluding hydrogens is 344 g/mol. The summed E-state index contributed by atoms with van der Waals surface area (Å²) in [6, 6.07) is 7.37. The Bertz CT molecular complexity index is 954. The van der Waals surface area contributed by atoms with E-state index in [1.165, 1.54) is 4.68 Å². The van der Waals surface area contributed by atoms with E-state index in [2.05, 4.69) is 35.5 Å². The van der Waals surface area contributed by atoms with Crippen LogP contribution < -0.4 is 5.73 Å². The standard InChI is InChI=1S/C15H15ClN8O/c1-8(11-4-6-12(16)7-5-11)18-19-9(2)13-10(3)24(23-20-13)15-14(17)21-25-22-15/h4-7H,1-3H3,(H2,17,21)/b18-8-,19-9-. The fraction of sp³-hybridized carbons (Fsp3) is 0.200. The molecule has 25 heavy (non-hydrogen) atoms. The van der Waals surface area contributed by atoms with Crippen molar-refractivity contribution >= 4 is 28.8 Å². The van der Waals surface area contributed by atoms with Crippen LogP contribution in [0.4, 0.5) is 5.82 Å². The molecule has 0 aliphatic rings. The van der Waals surface area contributed by atoms with E-state index in [4.69, 9.17) is 17.3 Å². The molecule has 0 unspecified atom stereocenters. The van der Waals surface area contributed by atoms with Gasteiger partial charge in [-0.3, -0.25) is 0 Å². The van der Waals surface area contributed by atoms with Crippen LogP contribution in [0.1, 0.15) is 30.8 Å². The monoisotopic (exact) mass is 358 g/mol. The van der Waals surface area contributed by atoms with Gasteiger partial charge in [0.25, 0.3) is 0 Å². The first-order valence-corrected chi connectivity index (χ1v) is 7.71. The van der Waals surface area contributed by atoms with Gasteiger partial charge < -0.3 is 5.73 Å². The Morgan fingerprint density at radius 3 is 2.44 bits per heavy atom. The van der Waals surface area contributed by atoms with Crippen molar-refractivity contribution in [2.75, 3.05) is 5.73 Å². The number of anilines is 1. The second-order valence-electron chi connectivity index (χ2n) is 5.29. The summed E-state index contributed by atoms with van der Waals surface area (Å²) >= 11 is 5.89. The van der Waals surface area contributed by atoms with Crippen molar-refractivity contribution in [3.8, 4) is 5.82 Å². The zero-order valence-electron chi connectivity index (χ0n) is 13.8. The molecule has 0 aliphatic carbocycles. The Labute approximate surface area is 148 Å². The molecule has 0 bridgehead atoms. The molecule has 0 atom stereocenters. The van der Waals surface area contributed by atoms with Crippen LogP contribution in [-0.2, 0) is 0 Å². The van der Waals surface area contributed by atoms with E-state index < -0.39 is 0 Å². The maximum atomic E-state index is 5.89. The molecule has 10 heteroatoms. The largest absolute Gasteiger partial charge is 0.378 e. The summed E-state index contributed by atoms with van der Waals surface area (Å²) in [7, 11) is 0. The van der Waals surface area contributed by atoms with Crippen molar-refractivity contribution in [2.24, 2.45) is 10.2 Å². The minimum Gasteiger partial charge on any atom is -0.378 e. The second kappa shape index (κ2) is 6.81. The highest BCUT2D eigenvalue weighted by molar-refractivity contribution is 6.30. The van der Waals surface area contributed by atoms with Gasteiger partial charge in [0.05, 0.1) is 17.1 Å². The average molecular weight is 359 g/mol. The number of hydrogen-bond acceptors (Lipinski definition) is 8. The maximum absolute atomic E-state index is 5.89. The Morgan fingerprint density at radius 2 is 1.80 bits per heavy atom. The molecule has 3 aromatic rings. The fourth-order valence-corrected chi connectivity index (χ4v) is 2.27. The van der Waals surface area contributed by atoms with Gasteiger partial charge in [0.2, 0.25) is 11.6 Å². The van der Waals surface area contributed by atoms with Crippen LogP contribution in [-0.4, -0.2) is 36.7 Å². The van der Waals surface area contributed by atoms with Gasteiger partial charge in [0.15, 0.2) is 0 Å². The quantitative estimate of drug-likeness (QED) is 0.564. The van der Waals surface area contributed by atoms with Crippen LogP contribution in [0.15, 0.2) is 39.1 Å². The molecule has 2 heterocycles. The Kier molecular flexibility index (Phi) is 4.57. The lowest BCUT2D eigenvalue weighted by Crippen LogP contribution is -2.04. The Balaban J connectivity index is 1.88. The number of nitrogens with zero attached hydrogens (tertiary/aromatic N) is 7. The fourth-order valence-electron chi connectivity index (χ4n) is 2.15. The van der Waals surface area contributed by atoms with Crippen molar-refractivity contribution < 1.29 is 4.63 Å². The number of halogens is 1. The third kappa shape index (κ3) is 3.41. The van der Waals surface area contributed by atoms with Crippen LogP contribution in [0.3, 0.4) is 0 Å². The predicted octanol–water partition coefficient (Wildman–Crippen LogP) is 2.43. The highest BCUT2D eigenvalue weighted by Gasteiger charge is 2.17. The van der Waals surface area contributed by atoms with Crippen molar-refractivity contribution in [3.63, 3.8) is 0 Å². The molecule has 0 spiro atoms. The van der Waals surface area contributed by atoms with Gasteiger partial charge in [-0.1, -0.05) is 28.9 Å². The first-order chi connectivity index (χ1) is 12.0. The molecule has 0 amide bonds. The highest BCUT2D eigenvalue weighted by Crippen LogP contribution is 2.15. The zero-order valence-corrected chi connectivity index (χ0v) is 14.6. The van der Waals surface area contributed by atoms with Crippen molar-refractivity contribution in [2.45, 2.75) is 20.8 Å². The topological polar surface area (TPSA) is 120 Å². The summed E-state index contributed by atoms with van der Waals surface area (Å²) < 4.78 is 6.03. The van der Waals surface area contributed by atoms with Gasteiger partial charge in [-0.25, -0.2) is 4.63 Å². The molecule has 9 nitrogen and oxygen atoms in total. The molecular formula is C15H15ClN8O. The number of hydrogen-bond donors (Lipinski definition) is 1. The SMILES string of the molecule is C/C(=N/N=C(/C)c1nnn(-c2nonc2N)c1C)c1ccc(Cl)cc1. The molecule has 1 aromatic carbocycles. The lowest BCUT2D eigenvalue weighted by molar-refractivity contribution is 0.306. The number of nitrogen functional groups attached to an aromatic ring is 1. The molecule has 2 aromatic heterocycles. The summed E-state index contributed by atoms with van der Waals surface area (Å²) in [6.07, 6.45) is 0. The second-order valence-corrected chi connectivity index (χ2v) is 5.72. The van der Waals surface area contributed by atoms with Gasteiger partial charge in [-0.15, -0.1) is 5.10 Å². The van der Waals surface area contributed by atoms with Crippen LogP contribution >= 0.6 is 11.6 Å². The Morgan fingerprint density at radius 1 is 1.12 bits per heavy atom. The molecule has 0 radical (unpaired) electrons. The number of aromatic nitrogens is 5. The van der Waals surface area contributed by atoms with E-state index in [1.807, 2.05) is 26.0 Å². The van der Waals surface area contributed by atoms with E-state index in [9.17, 15) is 0 Å². The number of rotatable bonds is 4. The molecule has 128 valence electrons. The Hall–Kier alpha value is -3.07. The average Bonchev–Trinajstić information content (AvgIpc) is 3.18. The van der Waals surface area contributed by atoms with E-state index in [1.54, 1.807) is 19.1 Å². The first kappa shape index (κ1) is 16.8. The molecule has 0 saturated heterocycles. The minimum absolute atomic E-state index is 0.130. The van der Waals surface area contributed by atoms with E-state index in [0.717, 1.165) is 11.3 Å². The smallest absolute Gasteiger partial charge is 0.243 e. The van der Waals surface area contributed by atoms with Crippen LogP contribution in [0, 0.1) is 6.92 Å². The lowest BCUT2D eigenvalue weighted by Gasteiger charge is -2.00. The van der Waals surface area contributed by atoms with Gasteiger partial charge in [0.1, 0.15) is 5.69 Å². The summed E-state index contributed by atoms with van der Waals surface area (Å²) in [5.74, 6) is 0.413. The molecule has 0 saturated carbocycles. The van der Waals surface area contributed by atoms with Crippen LogP contribution in [0.25, 0.3) is 5.82 Å². The van der Waals surface area contributed by atoms with E-state index in [-0.39, 0.29) is 11.6 Å². The summed E-state index contributed by atoms with van der Waals surface area (Å²) in [6.45, 7) is 5.48. The molecule has 0 aliphatic heterocycles. The van der Waals surface area contributed by atoms with E-state index in [0.29, 0.717) is 22.1 Å². The van der Waals surface area contributed by atoms with Crippen molar-refractivity contribution in [1.82, 2.24) is 25.3 Å². The summed E-state index contributed by atoms with van der Waals surface area (Å²) in [5, 5.41) is 24.5.